The molecular weight excluding hydrogens is 319 g/mol. The molecule has 0 aliphatic heterocycles. The van der Waals surface area contributed by atoms with Gasteiger partial charge in [0.15, 0.2) is 0 Å². The molecule has 0 unspecified atom stereocenters. The largest absolute Gasteiger partial charge is 0.323 e. The monoisotopic (exact) mass is 330 g/mol. The van der Waals surface area contributed by atoms with Crippen LogP contribution in [0.4, 0.5) is 16.2 Å². The minimum absolute atomic E-state index is 0.339. The van der Waals surface area contributed by atoms with E-state index in [2.05, 4.69) is 10.6 Å². The molecule has 2 amide bonds. The first-order chi connectivity index (χ1) is 10.6. The molecule has 3 aromatic rings. The molecule has 0 saturated heterocycles. The number of carbonyl (C=O) groups excluding carboxylic acids is 1. The fourth-order valence-electron chi connectivity index (χ4n) is 2.13. The number of rotatable bonds is 2. The normalized spacial score (nSPS) is 10.5. The van der Waals surface area contributed by atoms with Crippen LogP contribution in [0.1, 0.15) is 0 Å². The Balaban J connectivity index is 1.73. The predicted octanol–water partition coefficient (Wildman–Crippen LogP) is 5.79. The van der Waals surface area contributed by atoms with E-state index in [4.69, 9.17) is 23.2 Å². The first kappa shape index (κ1) is 14.7. The highest BCUT2D eigenvalue weighted by Crippen LogP contribution is 2.25. The van der Waals surface area contributed by atoms with Crippen LogP contribution in [0.15, 0.2) is 60.7 Å². The van der Waals surface area contributed by atoms with Gasteiger partial charge in [-0.15, -0.1) is 0 Å². The van der Waals surface area contributed by atoms with E-state index in [1.54, 1.807) is 18.2 Å². The Morgan fingerprint density at radius 1 is 0.727 bits per heavy atom. The van der Waals surface area contributed by atoms with Crippen LogP contribution in [-0.2, 0) is 0 Å². The smallest absolute Gasteiger partial charge is 0.308 e. The van der Waals surface area contributed by atoms with Gasteiger partial charge in [-0.3, -0.25) is 0 Å². The number of urea groups is 1. The number of carbonyl (C=O) groups is 1. The number of hydrogen-bond acceptors (Lipinski definition) is 1. The highest BCUT2D eigenvalue weighted by atomic mass is 35.5. The third-order valence-corrected chi connectivity index (χ3v) is 3.92. The number of benzene rings is 3. The van der Waals surface area contributed by atoms with Gasteiger partial charge >= 0.3 is 6.03 Å². The maximum absolute atomic E-state index is 12.0. The second-order valence-corrected chi connectivity index (χ2v) is 5.58. The molecule has 0 radical (unpaired) electrons. The maximum Gasteiger partial charge on any atom is 0.323 e. The highest BCUT2D eigenvalue weighted by Gasteiger charge is 2.05. The molecule has 0 fully saturated rings. The van der Waals surface area contributed by atoms with Gasteiger partial charge in [-0.2, -0.15) is 0 Å². The number of anilines is 2. The lowest BCUT2D eigenvalue weighted by Gasteiger charge is -2.09. The summed E-state index contributed by atoms with van der Waals surface area (Å²) >= 11 is 11.8. The van der Waals surface area contributed by atoms with Crippen LogP contribution in [0.3, 0.4) is 0 Å². The molecule has 2 N–H and O–H groups in total. The Kier molecular flexibility index (Phi) is 4.18. The summed E-state index contributed by atoms with van der Waals surface area (Å²) in [5.41, 5.74) is 1.30. The van der Waals surface area contributed by atoms with Crippen molar-refractivity contribution in [2.75, 3.05) is 10.6 Å². The zero-order valence-corrected chi connectivity index (χ0v) is 12.9. The zero-order valence-electron chi connectivity index (χ0n) is 11.4. The second kappa shape index (κ2) is 6.26. The fourth-order valence-corrected chi connectivity index (χ4v) is 2.43. The van der Waals surface area contributed by atoms with Gasteiger partial charge in [0.05, 0.1) is 10.0 Å². The molecule has 0 saturated carbocycles. The van der Waals surface area contributed by atoms with Gasteiger partial charge in [0.2, 0.25) is 0 Å². The molecule has 3 nitrogen and oxygen atoms in total. The van der Waals surface area contributed by atoms with Gasteiger partial charge in [-0.25, -0.2) is 4.79 Å². The van der Waals surface area contributed by atoms with Gasteiger partial charge in [-0.05, 0) is 41.1 Å². The molecule has 110 valence electrons. The number of halogens is 2. The van der Waals surface area contributed by atoms with Crippen molar-refractivity contribution >= 4 is 51.4 Å². The van der Waals surface area contributed by atoms with E-state index in [-0.39, 0.29) is 6.03 Å². The lowest BCUT2D eigenvalue weighted by molar-refractivity contribution is 0.262. The molecule has 0 spiro atoms. The van der Waals surface area contributed by atoms with Crippen molar-refractivity contribution in [2.45, 2.75) is 0 Å². The first-order valence-corrected chi connectivity index (χ1v) is 7.39. The van der Waals surface area contributed by atoms with Crippen molar-refractivity contribution in [3.63, 3.8) is 0 Å². The predicted molar refractivity (Wildman–Crippen MR) is 93.1 cm³/mol. The molecule has 0 bridgehead atoms. The Labute approximate surface area is 137 Å². The summed E-state index contributed by atoms with van der Waals surface area (Å²) in [5, 5.41) is 8.53. The van der Waals surface area contributed by atoms with Gasteiger partial charge in [0.25, 0.3) is 0 Å². The Hall–Kier alpha value is -2.23. The molecule has 0 heterocycles. The lowest BCUT2D eigenvalue weighted by Crippen LogP contribution is -2.19. The van der Waals surface area contributed by atoms with Gasteiger partial charge in [0.1, 0.15) is 0 Å². The molecular formula is C17H12Cl2N2O. The van der Waals surface area contributed by atoms with Crippen molar-refractivity contribution in [3.05, 3.63) is 70.7 Å². The van der Waals surface area contributed by atoms with Gasteiger partial charge in [0, 0.05) is 11.4 Å². The summed E-state index contributed by atoms with van der Waals surface area (Å²) in [6.07, 6.45) is 0. The SMILES string of the molecule is O=C(Nc1ccc(Cl)c(Cl)c1)Nc1ccc2ccccc2c1. The van der Waals surface area contributed by atoms with Crippen molar-refractivity contribution in [1.82, 2.24) is 0 Å². The first-order valence-electron chi connectivity index (χ1n) is 6.64. The van der Waals surface area contributed by atoms with E-state index in [1.165, 1.54) is 0 Å². The maximum atomic E-state index is 12.0. The van der Waals surface area contributed by atoms with E-state index in [0.717, 1.165) is 16.5 Å². The summed E-state index contributed by atoms with van der Waals surface area (Å²) < 4.78 is 0. The summed E-state index contributed by atoms with van der Waals surface area (Å²) in [6.45, 7) is 0. The van der Waals surface area contributed by atoms with Crippen LogP contribution >= 0.6 is 23.2 Å². The van der Waals surface area contributed by atoms with Gasteiger partial charge < -0.3 is 10.6 Å². The number of fused-ring (bicyclic) bond motifs is 1. The lowest BCUT2D eigenvalue weighted by atomic mass is 10.1. The molecule has 0 aliphatic carbocycles. The van der Waals surface area contributed by atoms with Crippen LogP contribution < -0.4 is 10.6 Å². The number of hydrogen-bond donors (Lipinski definition) is 2. The Morgan fingerprint density at radius 2 is 1.36 bits per heavy atom. The van der Waals surface area contributed by atoms with Crippen molar-refractivity contribution in [2.24, 2.45) is 0 Å². The molecule has 5 heteroatoms. The minimum atomic E-state index is -0.339. The van der Waals surface area contributed by atoms with E-state index in [9.17, 15) is 4.79 Å². The van der Waals surface area contributed by atoms with E-state index >= 15 is 0 Å². The molecule has 3 rings (SSSR count). The zero-order chi connectivity index (χ0) is 15.5. The standard InChI is InChI=1S/C17H12Cl2N2O/c18-15-8-7-14(10-16(15)19)21-17(22)20-13-6-5-11-3-1-2-4-12(11)9-13/h1-10H,(H2,20,21,22). The minimum Gasteiger partial charge on any atom is -0.308 e. The van der Waals surface area contributed by atoms with E-state index in [0.29, 0.717) is 15.7 Å². The van der Waals surface area contributed by atoms with Crippen molar-refractivity contribution in [3.8, 4) is 0 Å². The van der Waals surface area contributed by atoms with Crippen molar-refractivity contribution in [1.29, 1.82) is 0 Å². The summed E-state index contributed by atoms with van der Waals surface area (Å²) in [5.74, 6) is 0. The topological polar surface area (TPSA) is 41.1 Å². The molecule has 3 aromatic carbocycles. The number of nitrogens with one attached hydrogen (secondary N) is 2. The fraction of sp³-hybridized carbons (Fsp3) is 0. The highest BCUT2D eigenvalue weighted by molar-refractivity contribution is 6.42. The summed E-state index contributed by atoms with van der Waals surface area (Å²) in [6, 6.07) is 18.3. The van der Waals surface area contributed by atoms with E-state index < -0.39 is 0 Å². The Morgan fingerprint density at radius 3 is 2.09 bits per heavy atom. The quantitative estimate of drug-likeness (QED) is 0.613. The van der Waals surface area contributed by atoms with Crippen LogP contribution in [0.5, 0.6) is 0 Å². The molecule has 0 aliphatic rings. The average molecular weight is 331 g/mol. The summed E-state index contributed by atoms with van der Waals surface area (Å²) in [7, 11) is 0. The van der Waals surface area contributed by atoms with Gasteiger partial charge in [-0.1, -0.05) is 53.5 Å². The van der Waals surface area contributed by atoms with Crippen LogP contribution in [-0.4, -0.2) is 6.03 Å². The van der Waals surface area contributed by atoms with Crippen molar-refractivity contribution < 1.29 is 4.79 Å². The molecule has 0 aromatic heterocycles. The van der Waals surface area contributed by atoms with E-state index in [1.807, 2.05) is 42.5 Å². The Bertz CT molecular complexity index is 849. The molecule has 22 heavy (non-hydrogen) atoms. The van der Waals surface area contributed by atoms with Crippen LogP contribution in [0.2, 0.25) is 10.0 Å². The third kappa shape index (κ3) is 3.32. The second-order valence-electron chi connectivity index (χ2n) is 4.77. The number of amides is 2. The molecule has 0 atom stereocenters. The third-order valence-electron chi connectivity index (χ3n) is 3.18. The van der Waals surface area contributed by atoms with Crippen LogP contribution in [0, 0.1) is 0 Å². The van der Waals surface area contributed by atoms with Crippen LogP contribution in [0.25, 0.3) is 10.8 Å². The summed E-state index contributed by atoms with van der Waals surface area (Å²) in [4.78, 5) is 12.0. The average Bonchev–Trinajstić information content (AvgIpc) is 2.51.